The summed E-state index contributed by atoms with van der Waals surface area (Å²) in [6.45, 7) is 1.79. The predicted molar refractivity (Wildman–Crippen MR) is 73.0 cm³/mol. The summed E-state index contributed by atoms with van der Waals surface area (Å²) in [5.74, 6) is 0. The number of nitrogen functional groups attached to an aromatic ring is 1. The summed E-state index contributed by atoms with van der Waals surface area (Å²) in [5.41, 5.74) is 7.41. The van der Waals surface area contributed by atoms with E-state index in [0.29, 0.717) is 16.3 Å². The van der Waals surface area contributed by atoms with Crippen LogP contribution in [0.1, 0.15) is 49.7 Å². The van der Waals surface area contributed by atoms with E-state index in [0.717, 1.165) is 5.56 Å². The van der Waals surface area contributed by atoms with Gasteiger partial charge in [-0.05, 0) is 24.6 Å². The number of anilines is 1. The first-order valence-electron chi connectivity index (χ1n) is 6.11. The van der Waals surface area contributed by atoms with Crippen molar-refractivity contribution < 1.29 is 0 Å². The Kier molecular flexibility index (Phi) is 5.86. The molecule has 2 rings (SSSR count). The minimum Gasteiger partial charge on any atom is -0.398 e. The second-order valence-corrected chi connectivity index (χ2v) is 4.75. The molecule has 0 bridgehead atoms. The van der Waals surface area contributed by atoms with Crippen molar-refractivity contribution in [1.29, 1.82) is 5.26 Å². The van der Waals surface area contributed by atoms with E-state index < -0.39 is 0 Å². The molecule has 0 aliphatic heterocycles. The van der Waals surface area contributed by atoms with Gasteiger partial charge in [0.05, 0.1) is 10.6 Å². The molecule has 1 saturated carbocycles. The Hall–Kier alpha value is -1.20. The van der Waals surface area contributed by atoms with Crippen LogP contribution >= 0.6 is 11.6 Å². The minimum atomic E-state index is 0.451. The van der Waals surface area contributed by atoms with Crippen molar-refractivity contribution in [1.82, 2.24) is 0 Å². The van der Waals surface area contributed by atoms with Gasteiger partial charge in [-0.15, -0.1) is 0 Å². The maximum absolute atomic E-state index is 8.56. The van der Waals surface area contributed by atoms with Crippen molar-refractivity contribution in [2.75, 3.05) is 5.73 Å². The zero-order chi connectivity index (χ0) is 12.7. The zero-order valence-electron chi connectivity index (χ0n) is 10.3. The van der Waals surface area contributed by atoms with Crippen LogP contribution in [0.5, 0.6) is 0 Å². The van der Waals surface area contributed by atoms with Crippen molar-refractivity contribution in [3.8, 4) is 6.07 Å². The van der Waals surface area contributed by atoms with Gasteiger partial charge >= 0.3 is 0 Å². The summed E-state index contributed by atoms with van der Waals surface area (Å²) >= 11 is 5.80. The fourth-order valence-corrected chi connectivity index (χ4v) is 2.06. The van der Waals surface area contributed by atoms with E-state index in [-0.39, 0.29) is 0 Å². The fourth-order valence-electron chi connectivity index (χ4n) is 1.85. The molecule has 0 unspecified atom stereocenters. The van der Waals surface area contributed by atoms with E-state index in [1.165, 1.54) is 38.5 Å². The lowest BCUT2D eigenvalue weighted by molar-refractivity contribution is 0.504. The molecular weight excluding hydrogens is 232 g/mol. The van der Waals surface area contributed by atoms with Crippen LogP contribution < -0.4 is 5.73 Å². The van der Waals surface area contributed by atoms with Crippen LogP contribution in [0.4, 0.5) is 5.69 Å². The van der Waals surface area contributed by atoms with E-state index in [4.69, 9.17) is 22.6 Å². The molecule has 0 aromatic heterocycles. The number of halogens is 1. The molecule has 1 aliphatic carbocycles. The largest absolute Gasteiger partial charge is 0.398 e. The number of benzene rings is 1. The molecule has 0 saturated heterocycles. The maximum Gasteiger partial charge on any atom is 0.101 e. The topological polar surface area (TPSA) is 49.8 Å². The van der Waals surface area contributed by atoms with E-state index in [9.17, 15) is 0 Å². The van der Waals surface area contributed by atoms with Gasteiger partial charge in [0.25, 0.3) is 0 Å². The number of nitrogens with two attached hydrogens (primary N) is 1. The number of nitriles is 1. The van der Waals surface area contributed by atoms with E-state index in [1.54, 1.807) is 19.1 Å². The Balaban J connectivity index is 0.000000202. The van der Waals surface area contributed by atoms with Gasteiger partial charge in [-0.2, -0.15) is 5.26 Å². The summed E-state index contributed by atoms with van der Waals surface area (Å²) in [5, 5.41) is 9.01. The Morgan fingerprint density at radius 2 is 1.59 bits per heavy atom. The molecule has 2 nitrogen and oxygen atoms in total. The molecule has 2 N–H and O–H groups in total. The van der Waals surface area contributed by atoms with E-state index in [2.05, 4.69) is 0 Å². The lowest BCUT2D eigenvalue weighted by Crippen LogP contribution is -1.91. The SMILES string of the molecule is C1CCCCC1.Cc1c(N)ccc(C#N)c1Cl. The monoisotopic (exact) mass is 250 g/mol. The molecule has 17 heavy (non-hydrogen) atoms. The fraction of sp³-hybridized carbons (Fsp3) is 0.500. The van der Waals surface area contributed by atoms with Gasteiger partial charge in [0, 0.05) is 5.69 Å². The van der Waals surface area contributed by atoms with Crippen LogP contribution in [0.2, 0.25) is 5.02 Å². The first-order valence-corrected chi connectivity index (χ1v) is 6.49. The van der Waals surface area contributed by atoms with Crippen molar-refractivity contribution in [3.05, 3.63) is 28.3 Å². The first-order chi connectivity index (χ1) is 8.16. The average molecular weight is 251 g/mol. The standard InChI is InChI=1S/C8H7ClN2.C6H12/c1-5-7(11)3-2-6(4-10)8(5)9;1-2-4-6-5-3-1/h2-3H,11H2,1H3;1-6H2. The molecule has 1 fully saturated rings. The van der Waals surface area contributed by atoms with Gasteiger partial charge in [0.15, 0.2) is 0 Å². The number of nitrogens with zero attached hydrogens (tertiary/aromatic N) is 1. The van der Waals surface area contributed by atoms with Crippen molar-refractivity contribution >= 4 is 17.3 Å². The zero-order valence-corrected chi connectivity index (χ0v) is 11.1. The molecule has 0 atom stereocenters. The van der Waals surface area contributed by atoms with Gasteiger partial charge in [-0.3, -0.25) is 0 Å². The van der Waals surface area contributed by atoms with E-state index >= 15 is 0 Å². The van der Waals surface area contributed by atoms with Crippen LogP contribution in [0, 0.1) is 18.3 Å². The number of rotatable bonds is 0. The second kappa shape index (κ2) is 7.19. The number of hydrogen-bond donors (Lipinski definition) is 1. The Morgan fingerprint density at radius 1 is 1.12 bits per heavy atom. The molecule has 1 aliphatic rings. The van der Waals surface area contributed by atoms with Crippen LogP contribution in [0.25, 0.3) is 0 Å². The highest BCUT2D eigenvalue weighted by Gasteiger charge is 2.04. The summed E-state index contributed by atoms with van der Waals surface area (Å²) in [6, 6.07) is 5.27. The van der Waals surface area contributed by atoms with Crippen molar-refractivity contribution in [3.63, 3.8) is 0 Å². The third kappa shape index (κ3) is 4.28. The minimum absolute atomic E-state index is 0.451. The molecule has 0 amide bonds. The number of hydrogen-bond acceptors (Lipinski definition) is 2. The molecule has 0 spiro atoms. The van der Waals surface area contributed by atoms with Gasteiger partial charge < -0.3 is 5.73 Å². The lowest BCUT2D eigenvalue weighted by atomic mass is 10.0. The van der Waals surface area contributed by atoms with Crippen LogP contribution in [0.3, 0.4) is 0 Å². The molecule has 92 valence electrons. The van der Waals surface area contributed by atoms with Gasteiger partial charge in [-0.25, -0.2) is 0 Å². The highest BCUT2D eigenvalue weighted by Crippen LogP contribution is 2.24. The molecule has 0 heterocycles. The third-order valence-electron chi connectivity index (χ3n) is 3.05. The summed E-state index contributed by atoms with van der Waals surface area (Å²) in [6.07, 6.45) is 9.00. The third-order valence-corrected chi connectivity index (χ3v) is 3.54. The summed E-state index contributed by atoms with van der Waals surface area (Å²) in [4.78, 5) is 0. The Bertz CT molecular complexity index is 392. The first kappa shape index (κ1) is 13.9. The maximum atomic E-state index is 8.56. The Morgan fingerprint density at radius 3 is 2.00 bits per heavy atom. The van der Waals surface area contributed by atoms with E-state index in [1.807, 2.05) is 6.07 Å². The normalized spacial score (nSPS) is 14.4. The molecule has 1 aromatic carbocycles. The van der Waals surface area contributed by atoms with Crippen LogP contribution in [-0.4, -0.2) is 0 Å². The van der Waals surface area contributed by atoms with Gasteiger partial charge in [-0.1, -0.05) is 50.1 Å². The molecule has 0 radical (unpaired) electrons. The van der Waals surface area contributed by atoms with Crippen LogP contribution in [0.15, 0.2) is 12.1 Å². The summed E-state index contributed by atoms with van der Waals surface area (Å²) in [7, 11) is 0. The molecular formula is C14H19ClN2. The smallest absolute Gasteiger partial charge is 0.101 e. The summed E-state index contributed by atoms with van der Waals surface area (Å²) < 4.78 is 0. The molecule has 1 aromatic rings. The molecule has 3 heteroatoms. The second-order valence-electron chi connectivity index (χ2n) is 4.37. The van der Waals surface area contributed by atoms with Gasteiger partial charge in [0.2, 0.25) is 0 Å². The highest BCUT2D eigenvalue weighted by atomic mass is 35.5. The quantitative estimate of drug-likeness (QED) is 0.692. The average Bonchev–Trinajstić information content (AvgIpc) is 2.39. The van der Waals surface area contributed by atoms with Crippen molar-refractivity contribution in [2.24, 2.45) is 0 Å². The lowest BCUT2D eigenvalue weighted by Gasteiger charge is -2.05. The van der Waals surface area contributed by atoms with Gasteiger partial charge in [0.1, 0.15) is 6.07 Å². The van der Waals surface area contributed by atoms with Crippen LogP contribution in [-0.2, 0) is 0 Å². The Labute approximate surface area is 108 Å². The highest BCUT2D eigenvalue weighted by molar-refractivity contribution is 6.32. The predicted octanol–water partition coefficient (Wildman–Crippen LogP) is 4.44. The van der Waals surface area contributed by atoms with Crippen molar-refractivity contribution in [2.45, 2.75) is 45.4 Å².